The van der Waals surface area contributed by atoms with E-state index in [0.29, 0.717) is 18.4 Å². The lowest BCUT2D eigenvalue weighted by Crippen LogP contribution is -2.47. The van der Waals surface area contributed by atoms with Crippen molar-refractivity contribution in [2.75, 3.05) is 26.7 Å². The third-order valence-electron chi connectivity index (χ3n) is 6.00. The van der Waals surface area contributed by atoms with Crippen LogP contribution in [-0.2, 0) is 17.8 Å². The summed E-state index contributed by atoms with van der Waals surface area (Å²) in [6.45, 7) is 3.89. The van der Waals surface area contributed by atoms with Crippen LogP contribution in [0.1, 0.15) is 30.5 Å². The highest BCUT2D eigenvalue weighted by molar-refractivity contribution is 5.77. The maximum absolute atomic E-state index is 12.9. The normalized spacial score (nSPS) is 22.1. The number of rotatable bonds is 6. The highest BCUT2D eigenvalue weighted by Crippen LogP contribution is 2.29. The first-order chi connectivity index (χ1) is 13.7. The molecule has 2 atom stereocenters. The Labute approximate surface area is 167 Å². The molecule has 3 aliphatic heterocycles. The maximum atomic E-state index is 12.9. The number of aryl methyl sites for hydroxylation is 1. The Balaban J connectivity index is 1.36. The van der Waals surface area contributed by atoms with Gasteiger partial charge in [0, 0.05) is 50.5 Å². The molecule has 2 aromatic rings. The fourth-order valence-electron chi connectivity index (χ4n) is 4.53. The molecule has 1 amide bonds. The van der Waals surface area contributed by atoms with E-state index in [4.69, 9.17) is 4.74 Å². The van der Waals surface area contributed by atoms with Gasteiger partial charge >= 0.3 is 0 Å². The molecule has 4 heterocycles. The molecule has 3 aliphatic rings. The van der Waals surface area contributed by atoms with Gasteiger partial charge in [0.1, 0.15) is 5.75 Å². The van der Waals surface area contributed by atoms with Crippen molar-refractivity contribution in [3.8, 4) is 5.75 Å². The second-order valence-electron chi connectivity index (χ2n) is 8.01. The van der Waals surface area contributed by atoms with Gasteiger partial charge in [-0.3, -0.25) is 14.7 Å². The van der Waals surface area contributed by atoms with E-state index in [0.717, 1.165) is 50.5 Å². The van der Waals surface area contributed by atoms with Crippen molar-refractivity contribution < 1.29 is 9.53 Å². The summed E-state index contributed by atoms with van der Waals surface area (Å²) >= 11 is 0. The largest absolute Gasteiger partial charge is 0.497 e. The van der Waals surface area contributed by atoms with Crippen LogP contribution in [-0.4, -0.2) is 53.5 Å². The van der Waals surface area contributed by atoms with Crippen LogP contribution in [0, 0.1) is 5.92 Å². The number of benzene rings is 1. The lowest BCUT2D eigenvalue weighted by atomic mass is 9.94. The molecule has 5 rings (SSSR count). The smallest absolute Gasteiger partial charge is 0.223 e. The topological polar surface area (TPSA) is 45.7 Å². The molecule has 0 aliphatic carbocycles. The number of hydrogen-bond acceptors (Lipinski definition) is 4. The van der Waals surface area contributed by atoms with Crippen molar-refractivity contribution in [1.82, 2.24) is 14.8 Å². The predicted molar refractivity (Wildman–Crippen MR) is 109 cm³/mol. The average molecular weight is 380 g/mol. The summed E-state index contributed by atoms with van der Waals surface area (Å²) in [5, 5.41) is 0. The molecule has 0 spiro atoms. The summed E-state index contributed by atoms with van der Waals surface area (Å²) < 4.78 is 5.26. The van der Waals surface area contributed by atoms with Crippen molar-refractivity contribution in [2.24, 2.45) is 5.92 Å². The molecule has 28 heavy (non-hydrogen) atoms. The number of pyridine rings is 1. The number of nitrogens with zero attached hydrogens (tertiary/aromatic N) is 3. The molecular weight excluding hydrogens is 350 g/mol. The fourth-order valence-corrected chi connectivity index (χ4v) is 4.53. The number of carbonyl (C=O) groups excluding carboxylic acids is 1. The van der Waals surface area contributed by atoms with E-state index in [-0.39, 0.29) is 5.91 Å². The molecule has 1 aromatic heterocycles. The number of amides is 1. The van der Waals surface area contributed by atoms with Crippen LogP contribution in [0.5, 0.6) is 5.75 Å². The Morgan fingerprint density at radius 1 is 1.11 bits per heavy atom. The van der Waals surface area contributed by atoms with Gasteiger partial charge in [-0.15, -0.1) is 0 Å². The number of methoxy groups -OCH3 is 1. The zero-order valence-electron chi connectivity index (χ0n) is 16.6. The van der Waals surface area contributed by atoms with Crippen LogP contribution in [0.15, 0.2) is 48.7 Å². The fraction of sp³-hybridized carbons (Fsp3) is 0.478. The minimum Gasteiger partial charge on any atom is -0.497 e. The van der Waals surface area contributed by atoms with Gasteiger partial charge in [-0.05, 0) is 55.0 Å². The Morgan fingerprint density at radius 2 is 1.96 bits per heavy atom. The van der Waals surface area contributed by atoms with E-state index in [1.165, 1.54) is 12.0 Å². The van der Waals surface area contributed by atoms with Gasteiger partial charge in [0.25, 0.3) is 0 Å². The Kier molecular flexibility index (Phi) is 5.91. The Morgan fingerprint density at radius 3 is 2.71 bits per heavy atom. The quantitative estimate of drug-likeness (QED) is 0.774. The summed E-state index contributed by atoms with van der Waals surface area (Å²) in [6.07, 6.45) is 5.43. The second kappa shape index (κ2) is 8.74. The number of ether oxygens (including phenoxy) is 1. The van der Waals surface area contributed by atoms with Gasteiger partial charge in [-0.1, -0.05) is 18.2 Å². The zero-order valence-corrected chi connectivity index (χ0v) is 16.6. The van der Waals surface area contributed by atoms with Crippen molar-refractivity contribution in [2.45, 2.75) is 38.3 Å². The van der Waals surface area contributed by atoms with Crippen molar-refractivity contribution in [1.29, 1.82) is 0 Å². The zero-order chi connectivity index (χ0) is 19.3. The molecule has 3 saturated heterocycles. The van der Waals surface area contributed by atoms with Crippen LogP contribution in [0.4, 0.5) is 0 Å². The molecule has 0 unspecified atom stereocenters. The highest BCUT2D eigenvalue weighted by atomic mass is 16.5. The lowest BCUT2D eigenvalue weighted by Gasteiger charge is -2.36. The molecule has 1 aromatic carbocycles. The third-order valence-corrected chi connectivity index (χ3v) is 6.00. The monoisotopic (exact) mass is 379 g/mol. The van der Waals surface area contributed by atoms with Gasteiger partial charge in [0.05, 0.1) is 7.11 Å². The van der Waals surface area contributed by atoms with Crippen LogP contribution >= 0.6 is 0 Å². The Hall–Kier alpha value is -2.40. The molecule has 148 valence electrons. The van der Waals surface area contributed by atoms with Gasteiger partial charge in [-0.25, -0.2) is 0 Å². The van der Waals surface area contributed by atoms with E-state index in [9.17, 15) is 4.79 Å². The summed E-state index contributed by atoms with van der Waals surface area (Å²) in [6, 6.07) is 14.6. The molecule has 0 N–H and O–H groups in total. The summed E-state index contributed by atoms with van der Waals surface area (Å²) in [7, 11) is 1.70. The van der Waals surface area contributed by atoms with E-state index in [2.05, 4.69) is 26.9 Å². The summed E-state index contributed by atoms with van der Waals surface area (Å²) in [4.78, 5) is 21.9. The predicted octanol–water partition coefficient (Wildman–Crippen LogP) is 3.15. The van der Waals surface area contributed by atoms with Gasteiger partial charge < -0.3 is 9.64 Å². The van der Waals surface area contributed by atoms with Gasteiger partial charge in [-0.2, -0.15) is 0 Å². The minimum absolute atomic E-state index is 0.284. The second-order valence-corrected chi connectivity index (χ2v) is 8.01. The molecule has 0 saturated carbocycles. The molecule has 5 heteroatoms. The van der Waals surface area contributed by atoms with Crippen LogP contribution < -0.4 is 4.74 Å². The van der Waals surface area contributed by atoms with Gasteiger partial charge in [0.2, 0.25) is 5.91 Å². The number of piperidine rings is 1. The molecule has 2 bridgehead atoms. The summed E-state index contributed by atoms with van der Waals surface area (Å²) in [5.74, 6) is 1.76. The first-order valence-electron chi connectivity index (χ1n) is 10.3. The standard InChI is InChI=1S/C23H29N3O2/c1-28-22-10-6-18(7-11-22)14-25-15-19-5-9-21(17-25)26(16-19)23(27)12-8-20-4-2-3-13-24-20/h2-4,6-7,10-11,13,19,21H,5,8-9,12,14-17H2,1H3/t19-,21+/m1/s1. The first kappa shape index (κ1) is 18.9. The average Bonchev–Trinajstić information content (AvgIpc) is 3.04. The number of aromatic nitrogens is 1. The number of carbonyl (C=O) groups is 1. The van der Waals surface area contributed by atoms with E-state index < -0.39 is 0 Å². The van der Waals surface area contributed by atoms with Gasteiger partial charge in [0.15, 0.2) is 0 Å². The highest BCUT2D eigenvalue weighted by Gasteiger charge is 2.36. The minimum atomic E-state index is 0.284. The number of hydrogen-bond donors (Lipinski definition) is 0. The molecule has 3 fully saturated rings. The Bertz CT molecular complexity index is 778. The molecule has 0 radical (unpaired) electrons. The van der Waals surface area contributed by atoms with Crippen LogP contribution in [0.25, 0.3) is 0 Å². The maximum Gasteiger partial charge on any atom is 0.223 e. The summed E-state index contributed by atoms with van der Waals surface area (Å²) in [5.41, 5.74) is 2.30. The molecular formula is C23H29N3O2. The number of fused-ring (bicyclic) bond motifs is 4. The van der Waals surface area contributed by atoms with E-state index in [1.807, 2.05) is 30.3 Å². The molecule has 5 nitrogen and oxygen atoms in total. The van der Waals surface area contributed by atoms with Crippen molar-refractivity contribution in [3.63, 3.8) is 0 Å². The first-order valence-corrected chi connectivity index (χ1v) is 10.3. The lowest BCUT2D eigenvalue weighted by molar-refractivity contribution is -0.135. The third kappa shape index (κ3) is 4.53. The SMILES string of the molecule is COc1ccc(CN2C[C@H]3CC[C@@H](C2)N(C(=O)CCc2ccccn2)C3)cc1. The van der Waals surface area contributed by atoms with E-state index in [1.54, 1.807) is 13.3 Å². The van der Waals surface area contributed by atoms with E-state index >= 15 is 0 Å². The van der Waals surface area contributed by atoms with Crippen molar-refractivity contribution in [3.05, 3.63) is 59.9 Å². The van der Waals surface area contributed by atoms with Crippen LogP contribution in [0.3, 0.4) is 0 Å². The van der Waals surface area contributed by atoms with Crippen LogP contribution in [0.2, 0.25) is 0 Å². The van der Waals surface area contributed by atoms with Crippen molar-refractivity contribution >= 4 is 5.91 Å².